The van der Waals surface area contributed by atoms with Gasteiger partial charge in [-0.3, -0.25) is 10.2 Å². The molecule has 1 aromatic rings. The van der Waals surface area contributed by atoms with Crippen molar-refractivity contribution in [3.05, 3.63) is 29.3 Å². The van der Waals surface area contributed by atoms with Gasteiger partial charge in [-0.25, -0.2) is 0 Å². The average Bonchev–Trinajstić information content (AvgIpc) is 2.35. The summed E-state index contributed by atoms with van der Waals surface area (Å²) in [6.07, 6.45) is -5.70. The van der Waals surface area contributed by atoms with Gasteiger partial charge in [-0.1, -0.05) is 23.7 Å². The van der Waals surface area contributed by atoms with Crippen molar-refractivity contribution in [1.29, 1.82) is 0 Å². The molecule has 0 radical (unpaired) electrons. The molecule has 0 saturated carbocycles. The fraction of sp³-hybridized carbons (Fsp3) is 0.333. The summed E-state index contributed by atoms with van der Waals surface area (Å²) in [6, 6.07) is 6.17. The van der Waals surface area contributed by atoms with E-state index in [1.807, 2.05) is 0 Å². The molecule has 0 spiro atoms. The number of esters is 1. The van der Waals surface area contributed by atoms with Gasteiger partial charge in [0.2, 0.25) is 0 Å². The molecule has 1 aromatic carbocycles. The van der Waals surface area contributed by atoms with Crippen LogP contribution in [0.3, 0.4) is 0 Å². The molecule has 0 amide bonds. The Labute approximate surface area is 118 Å². The minimum absolute atomic E-state index is 0.00190. The van der Waals surface area contributed by atoms with Gasteiger partial charge in [0.15, 0.2) is 5.71 Å². The van der Waals surface area contributed by atoms with Gasteiger partial charge in [-0.2, -0.15) is 18.3 Å². The second-order valence-corrected chi connectivity index (χ2v) is 4.04. The largest absolute Gasteiger partial charge is 0.466 e. The number of para-hydroxylation sites is 1. The molecule has 0 aliphatic rings. The summed E-state index contributed by atoms with van der Waals surface area (Å²) in [5.41, 5.74) is 1.12. The van der Waals surface area contributed by atoms with Crippen LogP contribution in [0.2, 0.25) is 5.02 Å². The van der Waals surface area contributed by atoms with E-state index in [0.717, 1.165) is 0 Å². The van der Waals surface area contributed by atoms with Gasteiger partial charge in [0.1, 0.15) is 0 Å². The van der Waals surface area contributed by atoms with Gasteiger partial charge in [0.05, 0.1) is 23.7 Å². The Kier molecular flexibility index (Phi) is 5.82. The van der Waals surface area contributed by atoms with Crippen LogP contribution in [0.4, 0.5) is 18.9 Å². The Hall–Kier alpha value is -1.76. The van der Waals surface area contributed by atoms with E-state index in [1.54, 1.807) is 12.1 Å². The first-order chi connectivity index (χ1) is 9.34. The van der Waals surface area contributed by atoms with Crippen LogP contribution >= 0.6 is 11.6 Å². The number of benzene rings is 1. The number of hydrogen-bond donors (Lipinski definition) is 1. The zero-order valence-corrected chi connectivity index (χ0v) is 11.3. The molecule has 4 nitrogen and oxygen atoms in total. The van der Waals surface area contributed by atoms with E-state index < -0.39 is 24.3 Å². The number of carbonyl (C=O) groups excluding carboxylic acids is 1. The Morgan fingerprint density at radius 3 is 2.60 bits per heavy atom. The number of alkyl halides is 3. The molecule has 1 N–H and O–H groups in total. The number of rotatable bonds is 5. The molecule has 0 unspecified atom stereocenters. The SMILES string of the molecule is CCOC(=O)C/C(=N\Nc1ccccc1Cl)C(F)(F)F. The molecule has 0 atom stereocenters. The maximum absolute atomic E-state index is 12.7. The number of halogens is 4. The molecule has 110 valence electrons. The van der Waals surface area contributed by atoms with Crippen molar-refractivity contribution in [1.82, 2.24) is 0 Å². The lowest BCUT2D eigenvalue weighted by molar-refractivity contribution is -0.142. The molecule has 0 bridgehead atoms. The standard InChI is InChI=1S/C12H12ClF3N2O2/c1-2-20-11(19)7-10(12(14,15)16)18-17-9-6-4-3-5-8(9)13/h3-6,17H,2,7H2,1H3/b18-10+. The summed E-state index contributed by atoms with van der Waals surface area (Å²) in [5.74, 6) is -0.996. The van der Waals surface area contributed by atoms with E-state index in [1.165, 1.54) is 19.1 Å². The molecule has 1 rings (SSSR count). The zero-order valence-electron chi connectivity index (χ0n) is 10.5. The highest BCUT2D eigenvalue weighted by molar-refractivity contribution is 6.33. The van der Waals surface area contributed by atoms with E-state index >= 15 is 0 Å². The lowest BCUT2D eigenvalue weighted by Gasteiger charge is -2.11. The summed E-state index contributed by atoms with van der Waals surface area (Å²) in [4.78, 5) is 11.1. The first-order valence-electron chi connectivity index (χ1n) is 5.64. The predicted octanol–water partition coefficient (Wildman–Crippen LogP) is 3.62. The highest BCUT2D eigenvalue weighted by atomic mass is 35.5. The number of nitrogens with zero attached hydrogens (tertiary/aromatic N) is 1. The number of hydrogen-bond acceptors (Lipinski definition) is 4. The van der Waals surface area contributed by atoms with E-state index in [2.05, 4.69) is 15.3 Å². The Balaban J connectivity index is 2.86. The molecule has 0 aliphatic heterocycles. The highest BCUT2D eigenvalue weighted by Crippen LogP contribution is 2.23. The maximum atomic E-state index is 12.7. The van der Waals surface area contributed by atoms with Crippen LogP contribution in [-0.2, 0) is 9.53 Å². The Morgan fingerprint density at radius 1 is 1.40 bits per heavy atom. The summed E-state index contributed by atoms with van der Waals surface area (Å²) >= 11 is 5.77. The van der Waals surface area contributed by atoms with Gasteiger partial charge < -0.3 is 4.74 Å². The van der Waals surface area contributed by atoms with Crippen LogP contribution in [-0.4, -0.2) is 24.5 Å². The molecule has 20 heavy (non-hydrogen) atoms. The van der Waals surface area contributed by atoms with Gasteiger partial charge in [-0.05, 0) is 19.1 Å². The molecule has 0 heterocycles. The summed E-state index contributed by atoms with van der Waals surface area (Å²) in [6.45, 7) is 1.51. The molecule has 0 aliphatic carbocycles. The quantitative estimate of drug-likeness (QED) is 0.513. The smallest absolute Gasteiger partial charge is 0.431 e. The van der Waals surface area contributed by atoms with Crippen LogP contribution in [0.5, 0.6) is 0 Å². The van der Waals surface area contributed by atoms with Crippen molar-refractivity contribution in [2.45, 2.75) is 19.5 Å². The summed E-state index contributed by atoms with van der Waals surface area (Å²) in [7, 11) is 0. The number of hydrazone groups is 1. The first kappa shape index (κ1) is 16.3. The van der Waals surface area contributed by atoms with Crippen LogP contribution in [0.25, 0.3) is 0 Å². The van der Waals surface area contributed by atoms with Crippen LogP contribution in [0, 0.1) is 0 Å². The van der Waals surface area contributed by atoms with Crippen LogP contribution in [0.15, 0.2) is 29.4 Å². The molecular formula is C12H12ClF3N2O2. The van der Waals surface area contributed by atoms with E-state index in [4.69, 9.17) is 11.6 Å². The van der Waals surface area contributed by atoms with Crippen molar-refractivity contribution < 1.29 is 22.7 Å². The topological polar surface area (TPSA) is 50.7 Å². The fourth-order valence-electron chi connectivity index (χ4n) is 1.23. The Bertz CT molecular complexity index is 504. The monoisotopic (exact) mass is 308 g/mol. The molecule has 0 saturated heterocycles. The van der Waals surface area contributed by atoms with Crippen molar-refractivity contribution in [3.8, 4) is 0 Å². The summed E-state index contributed by atoms with van der Waals surface area (Å²) in [5, 5.41) is 3.42. The molecular weight excluding hydrogens is 297 g/mol. The number of carbonyl (C=O) groups is 1. The van der Waals surface area contributed by atoms with Gasteiger partial charge in [-0.15, -0.1) is 0 Å². The van der Waals surface area contributed by atoms with E-state index in [0.29, 0.717) is 0 Å². The van der Waals surface area contributed by atoms with Crippen molar-refractivity contribution in [2.24, 2.45) is 5.10 Å². The number of nitrogens with one attached hydrogen (secondary N) is 1. The lowest BCUT2D eigenvalue weighted by atomic mass is 10.2. The highest BCUT2D eigenvalue weighted by Gasteiger charge is 2.37. The maximum Gasteiger partial charge on any atom is 0.431 e. The van der Waals surface area contributed by atoms with E-state index in [9.17, 15) is 18.0 Å². The summed E-state index contributed by atoms with van der Waals surface area (Å²) < 4.78 is 42.6. The van der Waals surface area contributed by atoms with Crippen LogP contribution in [0.1, 0.15) is 13.3 Å². The third kappa shape index (κ3) is 5.08. The second kappa shape index (κ2) is 7.14. The van der Waals surface area contributed by atoms with Gasteiger partial charge in [0, 0.05) is 0 Å². The van der Waals surface area contributed by atoms with Crippen molar-refractivity contribution in [2.75, 3.05) is 12.0 Å². The third-order valence-electron chi connectivity index (χ3n) is 2.13. The predicted molar refractivity (Wildman–Crippen MR) is 69.8 cm³/mol. The van der Waals surface area contributed by atoms with Crippen molar-refractivity contribution in [3.63, 3.8) is 0 Å². The average molecular weight is 309 g/mol. The minimum atomic E-state index is -4.74. The molecule has 8 heteroatoms. The normalized spacial score (nSPS) is 12.2. The molecule has 0 aromatic heterocycles. The lowest BCUT2D eigenvalue weighted by Crippen LogP contribution is -2.27. The van der Waals surface area contributed by atoms with Gasteiger partial charge >= 0.3 is 12.1 Å². The molecule has 0 fully saturated rings. The minimum Gasteiger partial charge on any atom is -0.466 e. The second-order valence-electron chi connectivity index (χ2n) is 3.63. The van der Waals surface area contributed by atoms with Crippen molar-refractivity contribution >= 4 is 29.0 Å². The first-order valence-corrected chi connectivity index (χ1v) is 6.02. The number of anilines is 1. The van der Waals surface area contributed by atoms with E-state index in [-0.39, 0.29) is 17.3 Å². The fourth-order valence-corrected chi connectivity index (χ4v) is 1.41. The third-order valence-corrected chi connectivity index (χ3v) is 2.46. The number of ether oxygens (including phenoxy) is 1. The Morgan fingerprint density at radius 2 is 2.05 bits per heavy atom. The zero-order chi connectivity index (χ0) is 15.2. The van der Waals surface area contributed by atoms with Gasteiger partial charge in [0.25, 0.3) is 0 Å². The van der Waals surface area contributed by atoms with Crippen LogP contribution < -0.4 is 5.43 Å².